The van der Waals surface area contributed by atoms with E-state index in [9.17, 15) is 0 Å². The van der Waals surface area contributed by atoms with Gasteiger partial charge in [0.2, 0.25) is 0 Å². The number of aromatic nitrogens is 4. The third-order valence-electron chi connectivity index (χ3n) is 16.6. The van der Waals surface area contributed by atoms with Gasteiger partial charge in [0.1, 0.15) is 11.3 Å². The number of pyridine rings is 4. The lowest BCUT2D eigenvalue weighted by atomic mass is 9.94. The Morgan fingerprint density at radius 2 is 0.847 bits per heavy atom. The highest BCUT2D eigenvalue weighted by atomic mass is 32.1. The minimum Gasteiger partial charge on any atom is -0.461 e. The molecule has 0 saturated carbocycles. The van der Waals surface area contributed by atoms with Crippen LogP contribution in [-0.2, 0) is 0 Å². The number of allylic oxidation sites excluding steroid dienone is 2. The quantitative estimate of drug-likeness (QED) is 0.0904. The molecule has 12 heteroatoms. The van der Waals surface area contributed by atoms with E-state index in [1.807, 2.05) is 91.9 Å². The molecule has 0 aliphatic rings. The van der Waals surface area contributed by atoms with Crippen LogP contribution in [0.2, 0.25) is 0 Å². The molecule has 0 bridgehead atoms. The van der Waals surface area contributed by atoms with Gasteiger partial charge in [0.05, 0.1) is 22.1 Å². The fraction of sp³-hybridized carbons (Fsp3) is 0.0137. The van der Waals surface area contributed by atoms with Crippen LogP contribution in [0.3, 0.4) is 0 Å². The summed E-state index contributed by atoms with van der Waals surface area (Å²) in [6.45, 7) is 6.18. The lowest BCUT2D eigenvalue weighted by Crippen LogP contribution is -1.96. The number of nitrogens with zero attached hydrogens (tertiary/aromatic N) is 4. The zero-order chi connectivity index (χ0) is 56.9. The number of hydrogen-bond acceptors (Lipinski definition) is 8. The zero-order valence-corrected chi connectivity index (χ0v) is 47.1. The van der Waals surface area contributed by atoms with Crippen LogP contribution in [0.15, 0.2) is 206 Å². The summed E-state index contributed by atoms with van der Waals surface area (Å²) in [4.78, 5) is 19.1. The molecular weight excluding hydrogens is 1120 g/mol. The number of furan rings is 1. The summed E-state index contributed by atoms with van der Waals surface area (Å²) in [6.07, 6.45) is 10.6. The van der Waals surface area contributed by atoms with Crippen molar-refractivity contribution in [1.29, 1.82) is 0 Å². The molecule has 0 radical (unpaired) electrons. The van der Waals surface area contributed by atoms with Crippen LogP contribution in [-0.4, -0.2) is 19.9 Å². The average Bonchev–Trinajstić information content (AvgIpc) is 4.53. The number of thiophene rings is 3. The number of benzene rings is 9. The van der Waals surface area contributed by atoms with Gasteiger partial charge in [0.25, 0.3) is 0 Å². The van der Waals surface area contributed by atoms with E-state index in [0.717, 1.165) is 94.6 Å². The van der Waals surface area contributed by atoms with Crippen LogP contribution in [0.1, 0.15) is 16.9 Å². The van der Waals surface area contributed by atoms with E-state index in [4.69, 9.17) is 24.4 Å². The van der Waals surface area contributed by atoms with Crippen molar-refractivity contribution in [3.05, 3.63) is 241 Å². The van der Waals surface area contributed by atoms with Gasteiger partial charge in [0.15, 0.2) is 23.3 Å². The maximum Gasteiger partial charge on any atom is 0.169 e. The average molecular weight is 1160 g/mol. The normalized spacial score (nSPS) is 12.4. The highest BCUT2D eigenvalue weighted by Crippen LogP contribution is 2.46. The predicted octanol–water partition coefficient (Wildman–Crippen LogP) is 22.0. The molecular formula is C73H38F4N4OS3. The van der Waals surface area contributed by atoms with Crippen LogP contribution in [0.4, 0.5) is 17.6 Å². The van der Waals surface area contributed by atoms with Gasteiger partial charge in [0, 0.05) is 151 Å². The number of fused-ring (bicyclic) bond motifs is 16. The van der Waals surface area contributed by atoms with Gasteiger partial charge in [-0.2, -0.15) is 0 Å². The second-order valence-electron chi connectivity index (χ2n) is 21.4. The summed E-state index contributed by atoms with van der Waals surface area (Å²) in [7, 11) is 0. The molecule has 5 nitrogen and oxygen atoms in total. The molecule has 85 heavy (non-hydrogen) atoms. The molecule has 402 valence electrons. The Bertz CT molecular complexity index is 5850. The molecule has 0 aliphatic heterocycles. The van der Waals surface area contributed by atoms with Crippen molar-refractivity contribution in [3.63, 3.8) is 0 Å². The first-order valence-electron chi connectivity index (χ1n) is 27.4. The van der Waals surface area contributed by atoms with E-state index in [1.165, 1.54) is 4.70 Å². The lowest BCUT2D eigenvalue weighted by molar-refractivity contribution is 0.525. The number of aryl methyl sites for hydroxylation is 1. The second kappa shape index (κ2) is 18.8. The minimum absolute atomic E-state index is 0.0180. The topological polar surface area (TPSA) is 64.7 Å². The van der Waals surface area contributed by atoms with Crippen molar-refractivity contribution in [3.8, 4) is 44.5 Å². The van der Waals surface area contributed by atoms with Crippen molar-refractivity contribution in [2.75, 3.05) is 0 Å². The van der Waals surface area contributed by atoms with Gasteiger partial charge in [-0.3, -0.25) is 19.9 Å². The van der Waals surface area contributed by atoms with Gasteiger partial charge in [-0.25, -0.2) is 17.6 Å². The molecule has 0 aliphatic carbocycles. The third kappa shape index (κ3) is 7.58. The van der Waals surface area contributed by atoms with E-state index in [-0.39, 0.29) is 43.6 Å². The smallest absolute Gasteiger partial charge is 0.169 e. The van der Waals surface area contributed by atoms with E-state index in [1.54, 1.807) is 89.1 Å². The molecule has 17 rings (SSSR count). The van der Waals surface area contributed by atoms with Gasteiger partial charge in [-0.1, -0.05) is 97.6 Å². The lowest BCUT2D eigenvalue weighted by Gasteiger charge is -2.12. The predicted molar refractivity (Wildman–Crippen MR) is 347 cm³/mol. The maximum absolute atomic E-state index is 16.8. The standard InChI is InChI=1S/C73H38F4N4OS3/c1-3-37(23-50-36(2)82-59-21-19-38(24-52(50)59)41-28-55-64(74)65(75)56-29-42(33-79-69(56)68(55)78-32-41)39-20-22-63-53(25-39)47-12-5-7-16-60(47)83-63)40-26-51(73-54(27-40)48-13-6-9-18-62(48)85-73)44-31-58-67(77)66(76)57-30-43(34-80-70(57)71(58)81-35-44)45-14-10-15-49-46-11-4-8-17-61(46)84-72(45)49/h3-35H,1H2,2H3/b37-23+. The Morgan fingerprint density at radius 3 is 1.44 bits per heavy atom. The van der Waals surface area contributed by atoms with E-state index in [2.05, 4.69) is 67.2 Å². The molecule has 8 aromatic heterocycles. The molecule has 0 unspecified atom stereocenters. The van der Waals surface area contributed by atoms with E-state index < -0.39 is 23.3 Å². The van der Waals surface area contributed by atoms with Crippen molar-refractivity contribution in [1.82, 2.24) is 19.9 Å². The minimum atomic E-state index is -1.00. The first-order valence-corrected chi connectivity index (χ1v) is 29.9. The second-order valence-corrected chi connectivity index (χ2v) is 24.6. The van der Waals surface area contributed by atoms with Crippen LogP contribution in [0.5, 0.6) is 0 Å². The first-order chi connectivity index (χ1) is 41.6. The molecule has 0 atom stereocenters. The highest BCUT2D eigenvalue weighted by Gasteiger charge is 2.24. The Kier molecular flexibility index (Phi) is 11.0. The van der Waals surface area contributed by atoms with Crippen molar-refractivity contribution < 1.29 is 22.0 Å². The summed E-state index contributed by atoms with van der Waals surface area (Å²) in [6, 6.07) is 53.3. The van der Waals surface area contributed by atoms with E-state index in [0.29, 0.717) is 39.2 Å². The SMILES string of the molecule is C=C/C(=C\c1c(C)oc2ccc(-c3cnc4c(c3)c(F)c(F)c3cc(-c5ccc6sc7ccccc7c6c5)cnc34)cc12)c1cc(-c2cnc3c(c2)c(F)c(F)c2cc(-c4cccc5c4sc4ccccc45)cnc23)c2sc3ccccc3c2c1. The third-order valence-corrected chi connectivity index (χ3v) is 20.2. The van der Waals surface area contributed by atoms with Crippen molar-refractivity contribution in [2.45, 2.75) is 6.92 Å². The number of hydrogen-bond donors (Lipinski definition) is 0. The van der Waals surface area contributed by atoms with Gasteiger partial charge >= 0.3 is 0 Å². The van der Waals surface area contributed by atoms with Crippen LogP contribution >= 0.6 is 34.0 Å². The molecule has 8 heterocycles. The first kappa shape index (κ1) is 49.6. The summed E-state index contributed by atoms with van der Waals surface area (Å²) in [5.41, 5.74) is 9.84. The van der Waals surface area contributed by atoms with Gasteiger partial charge in [-0.15, -0.1) is 34.0 Å². The van der Waals surface area contributed by atoms with Crippen molar-refractivity contribution in [2.24, 2.45) is 0 Å². The summed E-state index contributed by atoms with van der Waals surface area (Å²) >= 11 is 5.00. The van der Waals surface area contributed by atoms with Gasteiger partial charge in [-0.05, 0) is 114 Å². The molecule has 0 saturated heterocycles. The Labute approximate surface area is 492 Å². The van der Waals surface area contributed by atoms with Crippen LogP contribution < -0.4 is 0 Å². The summed E-state index contributed by atoms with van der Waals surface area (Å²) in [5, 5.41) is 7.44. The highest BCUT2D eigenvalue weighted by molar-refractivity contribution is 7.27. The molecule has 0 fully saturated rings. The van der Waals surface area contributed by atoms with Crippen molar-refractivity contribution >= 4 is 161 Å². The number of halogens is 4. The Morgan fingerprint density at radius 1 is 0.400 bits per heavy atom. The maximum atomic E-state index is 16.8. The van der Waals surface area contributed by atoms with Crippen LogP contribution in [0, 0.1) is 30.2 Å². The summed E-state index contributed by atoms with van der Waals surface area (Å²) in [5.74, 6) is -3.32. The Hall–Kier alpha value is -9.98. The van der Waals surface area contributed by atoms with E-state index >= 15 is 17.6 Å². The molecule has 0 N–H and O–H groups in total. The Balaban J connectivity index is 0.746. The summed E-state index contributed by atoms with van der Waals surface area (Å²) < 4.78 is 79.1. The largest absolute Gasteiger partial charge is 0.461 e. The number of rotatable bonds is 7. The molecule has 9 aromatic carbocycles. The van der Waals surface area contributed by atoms with Crippen LogP contribution in [0.25, 0.3) is 171 Å². The fourth-order valence-corrected chi connectivity index (χ4v) is 16.0. The molecule has 17 aromatic rings. The van der Waals surface area contributed by atoms with Gasteiger partial charge < -0.3 is 4.42 Å². The fourth-order valence-electron chi connectivity index (χ4n) is 12.5. The molecule has 0 spiro atoms. The zero-order valence-electron chi connectivity index (χ0n) is 44.7. The monoisotopic (exact) mass is 1160 g/mol. The molecule has 0 amide bonds.